The third kappa shape index (κ3) is 5.25. The van der Waals surface area contributed by atoms with E-state index in [4.69, 9.17) is 4.74 Å². The molecule has 0 heterocycles. The summed E-state index contributed by atoms with van der Waals surface area (Å²) in [6, 6.07) is 13.6. The van der Waals surface area contributed by atoms with E-state index >= 15 is 0 Å². The molecule has 0 spiro atoms. The van der Waals surface area contributed by atoms with E-state index in [1.54, 1.807) is 0 Å². The molecule has 0 aliphatic heterocycles. The SMILES string of the molecule is Cc1cccc(C)c1OCC(C)NC(=O)Nc1ccccc1C(C)(C)C. The van der Waals surface area contributed by atoms with Crippen LogP contribution in [0.1, 0.15) is 44.4 Å². The molecular formula is C22H30N2O2. The van der Waals surface area contributed by atoms with Gasteiger partial charge in [-0.3, -0.25) is 0 Å². The van der Waals surface area contributed by atoms with Gasteiger partial charge >= 0.3 is 6.03 Å². The van der Waals surface area contributed by atoms with Crippen LogP contribution in [0, 0.1) is 13.8 Å². The number of ether oxygens (including phenoxy) is 1. The van der Waals surface area contributed by atoms with E-state index in [2.05, 4.69) is 31.4 Å². The molecule has 1 unspecified atom stereocenters. The summed E-state index contributed by atoms with van der Waals surface area (Å²) in [5, 5.41) is 5.90. The van der Waals surface area contributed by atoms with Crippen LogP contribution in [0.2, 0.25) is 0 Å². The van der Waals surface area contributed by atoms with Crippen LogP contribution in [0.3, 0.4) is 0 Å². The maximum atomic E-state index is 12.4. The highest BCUT2D eigenvalue weighted by atomic mass is 16.5. The van der Waals surface area contributed by atoms with Crippen molar-refractivity contribution in [2.24, 2.45) is 0 Å². The first-order valence-electron chi connectivity index (χ1n) is 9.04. The Bertz CT molecular complexity index is 743. The molecule has 2 N–H and O–H groups in total. The number of carbonyl (C=O) groups is 1. The van der Waals surface area contributed by atoms with Crippen LogP contribution in [0.25, 0.3) is 0 Å². The second-order valence-electron chi connectivity index (χ2n) is 7.83. The molecule has 2 amide bonds. The number of hydrogen-bond donors (Lipinski definition) is 2. The minimum Gasteiger partial charge on any atom is -0.491 e. The molecule has 0 radical (unpaired) electrons. The van der Waals surface area contributed by atoms with Gasteiger partial charge < -0.3 is 15.4 Å². The van der Waals surface area contributed by atoms with Crippen LogP contribution < -0.4 is 15.4 Å². The molecule has 0 aromatic heterocycles. The van der Waals surface area contributed by atoms with Gasteiger partial charge in [-0.1, -0.05) is 57.2 Å². The Kier molecular flexibility index (Phi) is 6.30. The minimum atomic E-state index is -0.223. The first-order valence-corrected chi connectivity index (χ1v) is 9.04. The van der Waals surface area contributed by atoms with Gasteiger partial charge in [0.25, 0.3) is 0 Å². The van der Waals surface area contributed by atoms with Gasteiger partial charge in [0.05, 0.1) is 6.04 Å². The smallest absolute Gasteiger partial charge is 0.319 e. The number of rotatable bonds is 5. The average molecular weight is 354 g/mol. The van der Waals surface area contributed by atoms with E-state index in [1.807, 2.05) is 63.2 Å². The van der Waals surface area contributed by atoms with Crippen molar-refractivity contribution in [1.29, 1.82) is 0 Å². The van der Waals surface area contributed by atoms with Gasteiger partial charge in [-0.15, -0.1) is 0 Å². The highest BCUT2D eigenvalue weighted by Crippen LogP contribution is 2.29. The standard InChI is InChI=1S/C22H30N2O2/c1-15-10-9-11-16(2)20(15)26-14-17(3)23-21(25)24-19-13-8-7-12-18(19)22(4,5)6/h7-13,17H,14H2,1-6H3,(H2,23,24,25). The molecule has 0 aliphatic rings. The van der Waals surface area contributed by atoms with E-state index in [0.29, 0.717) is 6.61 Å². The molecule has 0 saturated carbocycles. The fourth-order valence-corrected chi connectivity index (χ4v) is 2.91. The average Bonchev–Trinajstić information content (AvgIpc) is 2.53. The quantitative estimate of drug-likeness (QED) is 0.776. The molecule has 26 heavy (non-hydrogen) atoms. The van der Waals surface area contributed by atoms with Gasteiger partial charge in [0, 0.05) is 5.69 Å². The lowest BCUT2D eigenvalue weighted by Crippen LogP contribution is -2.40. The normalized spacial score (nSPS) is 12.4. The minimum absolute atomic E-state index is 0.0407. The van der Waals surface area contributed by atoms with Gasteiger partial charge in [0.2, 0.25) is 0 Å². The summed E-state index contributed by atoms with van der Waals surface area (Å²) in [6.07, 6.45) is 0. The lowest BCUT2D eigenvalue weighted by atomic mass is 9.86. The van der Waals surface area contributed by atoms with Crippen LogP contribution in [-0.4, -0.2) is 18.7 Å². The zero-order valence-corrected chi connectivity index (χ0v) is 16.6. The third-order valence-corrected chi connectivity index (χ3v) is 4.25. The van der Waals surface area contributed by atoms with Crippen molar-refractivity contribution in [3.63, 3.8) is 0 Å². The lowest BCUT2D eigenvalue weighted by molar-refractivity contribution is 0.236. The van der Waals surface area contributed by atoms with Crippen LogP contribution >= 0.6 is 0 Å². The van der Waals surface area contributed by atoms with E-state index in [-0.39, 0.29) is 17.5 Å². The number of amides is 2. The van der Waals surface area contributed by atoms with E-state index < -0.39 is 0 Å². The molecule has 140 valence electrons. The summed E-state index contributed by atoms with van der Waals surface area (Å²) in [5.41, 5.74) is 4.09. The van der Waals surface area contributed by atoms with Crippen molar-refractivity contribution in [2.45, 2.75) is 53.0 Å². The molecule has 1 atom stereocenters. The van der Waals surface area contributed by atoms with Crippen molar-refractivity contribution in [3.05, 3.63) is 59.2 Å². The van der Waals surface area contributed by atoms with Crippen LogP contribution in [0.4, 0.5) is 10.5 Å². The summed E-state index contributed by atoms with van der Waals surface area (Å²) in [7, 11) is 0. The van der Waals surface area contributed by atoms with Crippen molar-refractivity contribution in [1.82, 2.24) is 5.32 Å². The topological polar surface area (TPSA) is 50.4 Å². The third-order valence-electron chi connectivity index (χ3n) is 4.25. The predicted molar refractivity (Wildman–Crippen MR) is 108 cm³/mol. The number of anilines is 1. The monoisotopic (exact) mass is 354 g/mol. The molecule has 0 saturated heterocycles. The first-order chi connectivity index (χ1) is 12.2. The largest absolute Gasteiger partial charge is 0.491 e. The number of para-hydroxylation sites is 2. The zero-order chi connectivity index (χ0) is 19.3. The van der Waals surface area contributed by atoms with Crippen LogP contribution in [0.5, 0.6) is 5.75 Å². The number of aryl methyl sites for hydroxylation is 2. The second-order valence-corrected chi connectivity index (χ2v) is 7.83. The lowest BCUT2D eigenvalue weighted by Gasteiger charge is -2.23. The molecule has 2 aromatic carbocycles. The Morgan fingerprint density at radius 1 is 1.04 bits per heavy atom. The van der Waals surface area contributed by atoms with E-state index in [0.717, 1.165) is 28.1 Å². The van der Waals surface area contributed by atoms with Crippen LogP contribution in [0.15, 0.2) is 42.5 Å². The van der Waals surface area contributed by atoms with Crippen molar-refractivity contribution in [3.8, 4) is 5.75 Å². The second kappa shape index (κ2) is 8.26. The number of nitrogens with one attached hydrogen (secondary N) is 2. The van der Waals surface area contributed by atoms with E-state index in [9.17, 15) is 4.79 Å². The summed E-state index contributed by atoms with van der Waals surface area (Å²) in [4.78, 5) is 12.4. The molecule has 4 nitrogen and oxygen atoms in total. The Labute approximate surface area is 157 Å². The Balaban J connectivity index is 1.94. The summed E-state index contributed by atoms with van der Waals surface area (Å²) in [6.45, 7) is 12.8. The van der Waals surface area contributed by atoms with Gasteiger partial charge in [0.1, 0.15) is 12.4 Å². The molecule has 4 heteroatoms. The van der Waals surface area contributed by atoms with E-state index in [1.165, 1.54) is 0 Å². The Morgan fingerprint density at radius 3 is 2.27 bits per heavy atom. The van der Waals surface area contributed by atoms with Gasteiger partial charge in [-0.25, -0.2) is 4.79 Å². The zero-order valence-electron chi connectivity index (χ0n) is 16.6. The maximum absolute atomic E-state index is 12.4. The Morgan fingerprint density at radius 2 is 1.65 bits per heavy atom. The summed E-state index contributed by atoms with van der Waals surface area (Å²) >= 11 is 0. The van der Waals surface area contributed by atoms with Gasteiger partial charge in [-0.05, 0) is 48.9 Å². The number of carbonyl (C=O) groups excluding carboxylic acids is 1. The fourth-order valence-electron chi connectivity index (χ4n) is 2.91. The van der Waals surface area contributed by atoms with Crippen molar-refractivity contribution in [2.75, 3.05) is 11.9 Å². The van der Waals surface area contributed by atoms with Gasteiger partial charge in [-0.2, -0.15) is 0 Å². The molecule has 2 rings (SSSR count). The summed E-state index contributed by atoms with van der Waals surface area (Å²) < 4.78 is 5.92. The number of urea groups is 1. The van der Waals surface area contributed by atoms with Crippen molar-refractivity contribution >= 4 is 11.7 Å². The highest BCUT2D eigenvalue weighted by Gasteiger charge is 2.19. The first kappa shape index (κ1) is 19.8. The maximum Gasteiger partial charge on any atom is 0.319 e. The predicted octanol–water partition coefficient (Wildman–Crippen LogP) is 5.19. The van der Waals surface area contributed by atoms with Gasteiger partial charge in [0.15, 0.2) is 0 Å². The molecular weight excluding hydrogens is 324 g/mol. The molecule has 0 aliphatic carbocycles. The number of hydrogen-bond acceptors (Lipinski definition) is 2. The Hall–Kier alpha value is -2.49. The van der Waals surface area contributed by atoms with Crippen molar-refractivity contribution < 1.29 is 9.53 Å². The van der Waals surface area contributed by atoms with Crippen LogP contribution in [-0.2, 0) is 5.41 Å². The highest BCUT2D eigenvalue weighted by molar-refractivity contribution is 5.90. The summed E-state index contributed by atoms with van der Waals surface area (Å²) in [5.74, 6) is 0.889. The fraction of sp³-hybridized carbons (Fsp3) is 0.409. The molecule has 0 bridgehead atoms. The molecule has 2 aromatic rings. The number of benzene rings is 2. The molecule has 0 fully saturated rings.